The smallest absolute Gasteiger partial charge is 0.245 e. The topological polar surface area (TPSA) is 71.3 Å². The molecule has 0 N–H and O–H groups in total. The molecule has 0 radical (unpaired) electrons. The Kier molecular flexibility index (Phi) is 7.17. The first-order valence-corrected chi connectivity index (χ1v) is 11.6. The molecule has 1 aliphatic heterocycles. The van der Waals surface area contributed by atoms with Crippen molar-refractivity contribution < 1.29 is 9.59 Å². The normalized spacial score (nSPS) is 17.3. The Morgan fingerprint density at radius 3 is 2.45 bits per heavy atom. The molecule has 2 amide bonds. The summed E-state index contributed by atoms with van der Waals surface area (Å²) in [6.07, 6.45) is 8.54. The quantitative estimate of drug-likeness (QED) is 0.534. The lowest BCUT2D eigenvalue weighted by Gasteiger charge is -2.41. The van der Waals surface area contributed by atoms with Crippen LogP contribution in [0.3, 0.4) is 0 Å². The number of hydrogen-bond donors (Lipinski definition) is 0. The minimum atomic E-state index is -0.482. The van der Waals surface area contributed by atoms with Crippen LogP contribution in [0.15, 0.2) is 67.3 Å². The summed E-state index contributed by atoms with van der Waals surface area (Å²) in [5.74, 6) is -0.207. The van der Waals surface area contributed by atoms with Crippen LogP contribution in [-0.2, 0) is 22.6 Å². The summed E-state index contributed by atoms with van der Waals surface area (Å²) in [6.45, 7) is 6.36. The second-order valence-corrected chi connectivity index (χ2v) is 8.64. The molecule has 172 valence electrons. The van der Waals surface area contributed by atoms with E-state index < -0.39 is 6.04 Å². The van der Waals surface area contributed by atoms with Crippen LogP contribution in [0.25, 0.3) is 11.1 Å². The van der Waals surface area contributed by atoms with Crippen molar-refractivity contribution in [1.29, 1.82) is 0 Å². The van der Waals surface area contributed by atoms with Crippen LogP contribution < -0.4 is 0 Å². The molecule has 1 aromatic carbocycles. The van der Waals surface area contributed by atoms with E-state index >= 15 is 0 Å². The molecule has 1 saturated heterocycles. The van der Waals surface area contributed by atoms with Crippen molar-refractivity contribution in [2.45, 2.75) is 39.3 Å². The molecule has 2 aromatic heterocycles. The van der Waals surface area contributed by atoms with E-state index in [2.05, 4.69) is 41.3 Å². The number of piperazine rings is 1. The number of rotatable bonds is 8. The van der Waals surface area contributed by atoms with Gasteiger partial charge < -0.3 is 9.80 Å². The van der Waals surface area contributed by atoms with Gasteiger partial charge in [0, 0.05) is 50.8 Å². The van der Waals surface area contributed by atoms with Crippen LogP contribution >= 0.6 is 0 Å². The molecule has 0 aliphatic carbocycles. The van der Waals surface area contributed by atoms with Crippen LogP contribution in [0.5, 0.6) is 0 Å². The SMILES string of the molecule is CCCN1CCN(C(=O)[C@@H](C)Cn2cccn2)[C@H](Cc2ccc(-c3ccncc3)cc2)C1=O. The zero-order valence-corrected chi connectivity index (χ0v) is 19.3. The molecule has 1 fully saturated rings. The second-order valence-electron chi connectivity index (χ2n) is 8.64. The van der Waals surface area contributed by atoms with Crippen molar-refractivity contribution in [3.05, 3.63) is 72.8 Å². The molecular weight excluding hydrogens is 414 g/mol. The van der Waals surface area contributed by atoms with Gasteiger partial charge in [-0.05, 0) is 41.3 Å². The Morgan fingerprint density at radius 2 is 1.79 bits per heavy atom. The number of nitrogens with zero attached hydrogens (tertiary/aromatic N) is 5. The van der Waals surface area contributed by atoms with Gasteiger partial charge in [-0.15, -0.1) is 0 Å². The number of aromatic nitrogens is 3. The maximum atomic E-state index is 13.4. The minimum absolute atomic E-state index is 0.00778. The van der Waals surface area contributed by atoms with E-state index in [0.717, 1.165) is 29.7 Å². The number of pyridine rings is 1. The highest BCUT2D eigenvalue weighted by molar-refractivity contribution is 5.90. The van der Waals surface area contributed by atoms with Crippen LogP contribution in [0, 0.1) is 5.92 Å². The molecule has 0 spiro atoms. The molecule has 7 heteroatoms. The van der Waals surface area contributed by atoms with Crippen molar-refractivity contribution in [1.82, 2.24) is 24.6 Å². The molecule has 3 aromatic rings. The maximum Gasteiger partial charge on any atom is 0.245 e. The van der Waals surface area contributed by atoms with E-state index in [1.807, 2.05) is 36.2 Å². The standard InChI is InChI=1S/C26H31N5O2/c1-3-14-29-16-17-31(25(32)20(2)19-30-15-4-11-28-30)24(26(29)33)18-21-5-7-22(8-6-21)23-9-12-27-13-10-23/h4-13,15,20,24H,3,14,16-19H2,1-2H3/t20-,24+/m0/s1. The van der Waals surface area contributed by atoms with Gasteiger partial charge in [-0.2, -0.15) is 5.10 Å². The van der Waals surface area contributed by atoms with Crippen LogP contribution in [-0.4, -0.2) is 62.1 Å². The molecule has 7 nitrogen and oxygen atoms in total. The highest BCUT2D eigenvalue weighted by Gasteiger charge is 2.38. The van der Waals surface area contributed by atoms with Crippen LogP contribution in [0.2, 0.25) is 0 Å². The highest BCUT2D eigenvalue weighted by atomic mass is 16.2. The summed E-state index contributed by atoms with van der Waals surface area (Å²) >= 11 is 0. The van der Waals surface area contributed by atoms with Gasteiger partial charge in [-0.1, -0.05) is 38.1 Å². The minimum Gasteiger partial charge on any atom is -0.339 e. The molecule has 3 heterocycles. The summed E-state index contributed by atoms with van der Waals surface area (Å²) in [7, 11) is 0. The number of hydrogen-bond acceptors (Lipinski definition) is 4. The van der Waals surface area contributed by atoms with Gasteiger partial charge in [0.25, 0.3) is 0 Å². The molecule has 0 saturated carbocycles. The summed E-state index contributed by atoms with van der Waals surface area (Å²) in [5, 5.41) is 4.22. The summed E-state index contributed by atoms with van der Waals surface area (Å²) in [5.41, 5.74) is 3.25. The Hall–Kier alpha value is -3.48. The number of carbonyl (C=O) groups excluding carboxylic acids is 2. The number of amides is 2. The molecule has 0 bridgehead atoms. The van der Waals surface area contributed by atoms with Crippen molar-refractivity contribution in [3.63, 3.8) is 0 Å². The maximum absolute atomic E-state index is 13.4. The fourth-order valence-electron chi connectivity index (χ4n) is 4.44. The third-order valence-corrected chi connectivity index (χ3v) is 6.20. The second kappa shape index (κ2) is 10.4. The van der Waals surface area contributed by atoms with E-state index in [-0.39, 0.29) is 17.7 Å². The van der Waals surface area contributed by atoms with Crippen molar-refractivity contribution in [2.24, 2.45) is 5.92 Å². The van der Waals surface area contributed by atoms with E-state index in [0.29, 0.717) is 26.1 Å². The van der Waals surface area contributed by atoms with Gasteiger partial charge in [-0.3, -0.25) is 19.3 Å². The van der Waals surface area contributed by atoms with Crippen molar-refractivity contribution in [2.75, 3.05) is 19.6 Å². The predicted octanol–water partition coefficient (Wildman–Crippen LogP) is 3.27. The van der Waals surface area contributed by atoms with Crippen LogP contribution in [0.4, 0.5) is 0 Å². The van der Waals surface area contributed by atoms with Gasteiger partial charge in [-0.25, -0.2) is 0 Å². The van der Waals surface area contributed by atoms with Crippen LogP contribution in [0.1, 0.15) is 25.8 Å². The average molecular weight is 446 g/mol. The van der Waals surface area contributed by atoms with Gasteiger partial charge in [0.1, 0.15) is 6.04 Å². The molecule has 1 aliphatic rings. The summed E-state index contributed by atoms with van der Waals surface area (Å²) in [6, 6.07) is 13.6. The lowest BCUT2D eigenvalue weighted by Crippen LogP contribution is -2.60. The summed E-state index contributed by atoms with van der Waals surface area (Å²) < 4.78 is 1.77. The van der Waals surface area contributed by atoms with Crippen molar-refractivity contribution >= 4 is 11.8 Å². The molecule has 2 atom stereocenters. The predicted molar refractivity (Wildman–Crippen MR) is 127 cm³/mol. The molecular formula is C26H31N5O2. The fourth-order valence-corrected chi connectivity index (χ4v) is 4.44. The third-order valence-electron chi connectivity index (χ3n) is 6.20. The Balaban J connectivity index is 1.52. The Morgan fingerprint density at radius 1 is 1.06 bits per heavy atom. The third kappa shape index (κ3) is 5.30. The van der Waals surface area contributed by atoms with E-state index in [4.69, 9.17) is 0 Å². The lowest BCUT2D eigenvalue weighted by atomic mass is 9.97. The Bertz CT molecular complexity index is 1050. The number of benzene rings is 1. The van der Waals surface area contributed by atoms with Gasteiger partial charge in [0.2, 0.25) is 11.8 Å². The monoisotopic (exact) mass is 445 g/mol. The first kappa shape index (κ1) is 22.7. The van der Waals surface area contributed by atoms with Gasteiger partial charge in [0.05, 0.1) is 12.5 Å². The van der Waals surface area contributed by atoms with Gasteiger partial charge in [0.15, 0.2) is 0 Å². The highest BCUT2D eigenvalue weighted by Crippen LogP contribution is 2.23. The number of carbonyl (C=O) groups is 2. The summed E-state index contributed by atoms with van der Waals surface area (Å²) in [4.78, 5) is 34.5. The zero-order valence-electron chi connectivity index (χ0n) is 19.3. The van der Waals surface area contributed by atoms with E-state index in [1.165, 1.54) is 0 Å². The molecule has 0 unspecified atom stereocenters. The molecule has 33 heavy (non-hydrogen) atoms. The van der Waals surface area contributed by atoms with Crippen molar-refractivity contribution in [3.8, 4) is 11.1 Å². The fraction of sp³-hybridized carbons (Fsp3) is 0.385. The largest absolute Gasteiger partial charge is 0.339 e. The average Bonchev–Trinajstić information content (AvgIpc) is 3.35. The van der Waals surface area contributed by atoms with Gasteiger partial charge >= 0.3 is 0 Å². The van der Waals surface area contributed by atoms with E-state index in [1.54, 1.807) is 28.2 Å². The Labute approximate surface area is 195 Å². The van der Waals surface area contributed by atoms with E-state index in [9.17, 15) is 9.59 Å². The lowest BCUT2D eigenvalue weighted by molar-refractivity contribution is -0.153. The first-order chi connectivity index (χ1) is 16.1. The first-order valence-electron chi connectivity index (χ1n) is 11.6. The zero-order chi connectivity index (χ0) is 23.2. The molecule has 4 rings (SSSR count).